The van der Waals surface area contributed by atoms with E-state index in [0.717, 1.165) is 10.9 Å². The Labute approximate surface area is 110 Å². The SMILES string of the molecule is Nc1ccc2[nH]cc(C(=O)NN3CCOCC3)c2c1. The first-order valence-electron chi connectivity index (χ1n) is 6.24. The van der Waals surface area contributed by atoms with E-state index in [1.54, 1.807) is 12.3 Å². The molecule has 2 heterocycles. The van der Waals surface area contributed by atoms with Crippen molar-refractivity contribution < 1.29 is 9.53 Å². The topological polar surface area (TPSA) is 83.4 Å². The average molecular weight is 260 g/mol. The van der Waals surface area contributed by atoms with E-state index in [2.05, 4.69) is 10.4 Å². The fourth-order valence-corrected chi connectivity index (χ4v) is 2.21. The van der Waals surface area contributed by atoms with Crippen molar-refractivity contribution in [2.75, 3.05) is 32.0 Å². The van der Waals surface area contributed by atoms with E-state index in [1.807, 2.05) is 17.1 Å². The van der Waals surface area contributed by atoms with E-state index in [-0.39, 0.29) is 5.91 Å². The van der Waals surface area contributed by atoms with Crippen molar-refractivity contribution in [2.45, 2.75) is 0 Å². The number of amides is 1. The van der Waals surface area contributed by atoms with Gasteiger partial charge in [0.15, 0.2) is 0 Å². The number of nitrogen functional groups attached to an aromatic ring is 1. The van der Waals surface area contributed by atoms with Gasteiger partial charge in [0.2, 0.25) is 0 Å². The maximum atomic E-state index is 12.2. The number of rotatable bonds is 2. The van der Waals surface area contributed by atoms with Crippen LogP contribution in [0.4, 0.5) is 5.69 Å². The summed E-state index contributed by atoms with van der Waals surface area (Å²) in [4.78, 5) is 15.3. The van der Waals surface area contributed by atoms with Gasteiger partial charge in [-0.05, 0) is 18.2 Å². The summed E-state index contributed by atoms with van der Waals surface area (Å²) in [6, 6.07) is 5.48. The summed E-state index contributed by atoms with van der Waals surface area (Å²) in [7, 11) is 0. The number of morpholine rings is 1. The molecule has 0 saturated carbocycles. The van der Waals surface area contributed by atoms with Gasteiger partial charge in [-0.2, -0.15) is 0 Å². The Morgan fingerprint density at radius 2 is 2.16 bits per heavy atom. The molecule has 0 atom stereocenters. The summed E-state index contributed by atoms with van der Waals surface area (Å²) < 4.78 is 5.24. The second kappa shape index (κ2) is 4.91. The number of hydrogen-bond donors (Lipinski definition) is 3. The van der Waals surface area contributed by atoms with Gasteiger partial charge in [-0.15, -0.1) is 0 Å². The Morgan fingerprint density at radius 3 is 2.95 bits per heavy atom. The Hall–Kier alpha value is -2.05. The fourth-order valence-electron chi connectivity index (χ4n) is 2.21. The number of ether oxygens (including phenoxy) is 1. The first kappa shape index (κ1) is 12.0. The molecule has 19 heavy (non-hydrogen) atoms. The lowest BCUT2D eigenvalue weighted by atomic mass is 10.1. The molecule has 100 valence electrons. The van der Waals surface area contributed by atoms with Crippen LogP contribution in [0.1, 0.15) is 10.4 Å². The lowest BCUT2D eigenvalue weighted by Crippen LogP contribution is -2.48. The van der Waals surface area contributed by atoms with Gasteiger partial charge in [0.05, 0.1) is 18.8 Å². The predicted octanol–water partition coefficient (Wildman–Crippen LogP) is 0.727. The van der Waals surface area contributed by atoms with E-state index in [0.29, 0.717) is 37.6 Å². The van der Waals surface area contributed by atoms with E-state index < -0.39 is 0 Å². The molecule has 6 nitrogen and oxygen atoms in total. The average Bonchev–Trinajstić information content (AvgIpc) is 2.82. The van der Waals surface area contributed by atoms with Crippen LogP contribution in [0, 0.1) is 0 Å². The molecular formula is C13H16N4O2. The number of nitrogens with one attached hydrogen (secondary N) is 2. The lowest BCUT2D eigenvalue weighted by Gasteiger charge is -2.26. The number of hydrazine groups is 1. The van der Waals surface area contributed by atoms with Crippen LogP contribution in [0.3, 0.4) is 0 Å². The molecule has 1 fully saturated rings. The molecule has 0 unspecified atom stereocenters. The van der Waals surface area contributed by atoms with Gasteiger partial charge in [-0.1, -0.05) is 0 Å². The Balaban J connectivity index is 1.82. The molecule has 1 aliphatic heterocycles. The number of aromatic nitrogens is 1. The first-order chi connectivity index (χ1) is 9.24. The molecule has 2 aromatic rings. The normalized spacial score (nSPS) is 16.6. The number of fused-ring (bicyclic) bond motifs is 1. The van der Waals surface area contributed by atoms with Gasteiger partial charge >= 0.3 is 0 Å². The zero-order valence-corrected chi connectivity index (χ0v) is 10.5. The van der Waals surface area contributed by atoms with E-state index in [4.69, 9.17) is 10.5 Å². The number of nitrogens with two attached hydrogens (primary N) is 1. The summed E-state index contributed by atoms with van der Waals surface area (Å²) in [6.45, 7) is 2.69. The quantitative estimate of drug-likeness (QED) is 0.695. The number of hydrogen-bond acceptors (Lipinski definition) is 4. The van der Waals surface area contributed by atoms with Gasteiger partial charge in [0, 0.05) is 35.9 Å². The highest BCUT2D eigenvalue weighted by atomic mass is 16.5. The highest BCUT2D eigenvalue weighted by molar-refractivity contribution is 6.07. The van der Waals surface area contributed by atoms with Crippen molar-refractivity contribution in [3.63, 3.8) is 0 Å². The Morgan fingerprint density at radius 1 is 1.37 bits per heavy atom. The van der Waals surface area contributed by atoms with Crippen molar-refractivity contribution >= 4 is 22.5 Å². The van der Waals surface area contributed by atoms with Crippen LogP contribution in [0.15, 0.2) is 24.4 Å². The molecule has 3 rings (SSSR count). The molecule has 1 saturated heterocycles. The van der Waals surface area contributed by atoms with Gasteiger partial charge in [-0.25, -0.2) is 5.01 Å². The zero-order valence-electron chi connectivity index (χ0n) is 10.5. The number of carbonyl (C=O) groups is 1. The first-order valence-corrected chi connectivity index (χ1v) is 6.24. The van der Waals surface area contributed by atoms with E-state index in [9.17, 15) is 4.79 Å². The predicted molar refractivity (Wildman–Crippen MR) is 72.6 cm³/mol. The highest BCUT2D eigenvalue weighted by Gasteiger charge is 2.17. The lowest BCUT2D eigenvalue weighted by molar-refractivity contribution is 0.0127. The van der Waals surface area contributed by atoms with Crippen molar-refractivity contribution in [3.05, 3.63) is 30.0 Å². The molecule has 6 heteroatoms. The Bertz CT molecular complexity index is 602. The molecular weight excluding hydrogens is 244 g/mol. The van der Waals surface area contributed by atoms with E-state index >= 15 is 0 Å². The molecule has 1 aliphatic rings. The second-order valence-corrected chi connectivity index (χ2v) is 4.55. The van der Waals surface area contributed by atoms with Crippen molar-refractivity contribution in [1.82, 2.24) is 15.4 Å². The van der Waals surface area contributed by atoms with Crippen LogP contribution in [-0.2, 0) is 4.74 Å². The maximum absolute atomic E-state index is 12.2. The number of H-pyrrole nitrogens is 1. The standard InChI is InChI=1S/C13H16N4O2/c14-9-1-2-12-10(7-9)11(8-15-12)13(18)16-17-3-5-19-6-4-17/h1-2,7-8,15H,3-6,14H2,(H,16,18). The zero-order chi connectivity index (χ0) is 13.2. The minimum atomic E-state index is -0.126. The minimum absolute atomic E-state index is 0.126. The summed E-state index contributed by atoms with van der Waals surface area (Å²) >= 11 is 0. The number of carbonyl (C=O) groups excluding carboxylic acids is 1. The van der Waals surface area contributed by atoms with Crippen LogP contribution in [0.5, 0.6) is 0 Å². The van der Waals surface area contributed by atoms with Crippen LogP contribution < -0.4 is 11.2 Å². The third-order valence-electron chi connectivity index (χ3n) is 3.22. The van der Waals surface area contributed by atoms with Crippen LogP contribution in [0.2, 0.25) is 0 Å². The third-order valence-corrected chi connectivity index (χ3v) is 3.22. The maximum Gasteiger partial charge on any atom is 0.267 e. The van der Waals surface area contributed by atoms with Gasteiger partial charge in [0.1, 0.15) is 0 Å². The van der Waals surface area contributed by atoms with Gasteiger partial charge < -0.3 is 15.5 Å². The second-order valence-electron chi connectivity index (χ2n) is 4.55. The Kier molecular flexibility index (Phi) is 3.10. The molecule has 0 aliphatic carbocycles. The monoisotopic (exact) mass is 260 g/mol. The van der Waals surface area contributed by atoms with Crippen LogP contribution in [0.25, 0.3) is 10.9 Å². The molecule has 1 aromatic carbocycles. The van der Waals surface area contributed by atoms with E-state index in [1.165, 1.54) is 0 Å². The molecule has 4 N–H and O–H groups in total. The highest BCUT2D eigenvalue weighted by Crippen LogP contribution is 2.20. The number of benzene rings is 1. The number of nitrogens with zero attached hydrogens (tertiary/aromatic N) is 1. The molecule has 1 amide bonds. The minimum Gasteiger partial charge on any atom is -0.399 e. The molecule has 0 bridgehead atoms. The summed E-state index contributed by atoms with van der Waals surface area (Å²) in [5, 5.41) is 2.71. The largest absolute Gasteiger partial charge is 0.399 e. The summed E-state index contributed by atoms with van der Waals surface area (Å²) in [5.41, 5.74) is 10.8. The van der Waals surface area contributed by atoms with Gasteiger partial charge in [0.25, 0.3) is 5.91 Å². The number of aromatic amines is 1. The van der Waals surface area contributed by atoms with Crippen molar-refractivity contribution in [2.24, 2.45) is 0 Å². The summed E-state index contributed by atoms with van der Waals surface area (Å²) in [6.07, 6.45) is 1.71. The van der Waals surface area contributed by atoms with Crippen molar-refractivity contribution in [3.8, 4) is 0 Å². The summed E-state index contributed by atoms with van der Waals surface area (Å²) in [5.74, 6) is -0.126. The molecule has 1 aromatic heterocycles. The van der Waals surface area contributed by atoms with Gasteiger partial charge in [-0.3, -0.25) is 10.2 Å². The van der Waals surface area contributed by atoms with Crippen LogP contribution in [-0.4, -0.2) is 42.2 Å². The van der Waals surface area contributed by atoms with Crippen molar-refractivity contribution in [1.29, 1.82) is 0 Å². The third kappa shape index (κ3) is 2.40. The number of anilines is 1. The van der Waals surface area contributed by atoms with Crippen LogP contribution >= 0.6 is 0 Å². The fraction of sp³-hybridized carbons (Fsp3) is 0.308. The molecule has 0 radical (unpaired) electrons. The molecule has 0 spiro atoms. The smallest absolute Gasteiger partial charge is 0.267 e.